The monoisotopic (exact) mass is 360 g/mol. The fraction of sp³-hybridized carbons (Fsp3) is 0.500. The van der Waals surface area contributed by atoms with Crippen molar-refractivity contribution in [1.82, 2.24) is 19.2 Å². The van der Waals surface area contributed by atoms with Gasteiger partial charge in [0.1, 0.15) is 5.82 Å². The van der Waals surface area contributed by atoms with Gasteiger partial charge in [-0.3, -0.25) is 4.90 Å². The smallest absolute Gasteiger partial charge is 0.337 e. The van der Waals surface area contributed by atoms with Gasteiger partial charge in [0, 0.05) is 19.5 Å². The topological polar surface area (TPSA) is 52.3 Å². The fourth-order valence-electron chi connectivity index (χ4n) is 3.17. The molecule has 3 rings (SSSR count). The van der Waals surface area contributed by atoms with E-state index >= 15 is 0 Å². The van der Waals surface area contributed by atoms with Crippen LogP contribution in [0.1, 0.15) is 41.0 Å². The summed E-state index contributed by atoms with van der Waals surface area (Å²) in [5.41, 5.74) is 1.69. The van der Waals surface area contributed by atoms with E-state index in [0.29, 0.717) is 12.2 Å². The summed E-state index contributed by atoms with van der Waals surface area (Å²) >= 11 is 5.60. The van der Waals surface area contributed by atoms with Crippen LogP contribution >= 0.6 is 12.2 Å². The lowest BCUT2D eigenvalue weighted by Crippen LogP contribution is -2.22. The number of ether oxygens (including phenoxy) is 1. The van der Waals surface area contributed by atoms with E-state index in [9.17, 15) is 4.79 Å². The molecule has 0 aliphatic carbocycles. The largest absolute Gasteiger partial charge is 0.465 e. The van der Waals surface area contributed by atoms with Crippen LogP contribution in [-0.2, 0) is 30.9 Å². The summed E-state index contributed by atoms with van der Waals surface area (Å²) < 4.78 is 9.63. The molecule has 25 heavy (non-hydrogen) atoms. The first kappa shape index (κ1) is 17.8. The quantitative estimate of drug-likeness (QED) is 0.606. The summed E-state index contributed by atoms with van der Waals surface area (Å²) in [5, 5.41) is 4.71. The Bertz CT molecular complexity index is 794. The number of carbonyl (C=O) groups is 1. The van der Waals surface area contributed by atoms with Crippen LogP contribution in [-0.4, -0.2) is 39.4 Å². The predicted molar refractivity (Wildman–Crippen MR) is 97.9 cm³/mol. The number of hydrogen-bond donors (Lipinski definition) is 0. The minimum atomic E-state index is -0.314. The normalized spacial score (nSPS) is 14.2. The Morgan fingerprint density at radius 1 is 1.28 bits per heavy atom. The third-order valence-electron chi connectivity index (χ3n) is 4.48. The zero-order valence-corrected chi connectivity index (χ0v) is 15.6. The number of benzene rings is 1. The average molecular weight is 360 g/mol. The van der Waals surface area contributed by atoms with Crippen molar-refractivity contribution >= 4 is 18.2 Å². The standard InChI is InChI=1S/C18H24N4O2S/c1-20(12-14-7-9-15(10-8-14)17(23)24-2)13-22-18(25)21-11-5-3-4-6-16(21)19-22/h7-10H,3-6,11-13H2,1-2H3. The van der Waals surface area contributed by atoms with Crippen LogP contribution in [0, 0.1) is 4.77 Å². The second kappa shape index (κ2) is 7.93. The van der Waals surface area contributed by atoms with E-state index in [1.165, 1.54) is 26.4 Å². The Hall–Kier alpha value is -1.99. The summed E-state index contributed by atoms with van der Waals surface area (Å²) in [6.07, 6.45) is 4.62. The molecule has 0 amide bonds. The highest BCUT2D eigenvalue weighted by atomic mass is 32.1. The van der Waals surface area contributed by atoms with E-state index in [4.69, 9.17) is 22.1 Å². The van der Waals surface area contributed by atoms with Gasteiger partial charge in [-0.2, -0.15) is 5.10 Å². The van der Waals surface area contributed by atoms with E-state index in [-0.39, 0.29) is 5.97 Å². The molecule has 6 nitrogen and oxygen atoms in total. The van der Waals surface area contributed by atoms with Crippen molar-refractivity contribution < 1.29 is 9.53 Å². The van der Waals surface area contributed by atoms with Crippen molar-refractivity contribution in [2.24, 2.45) is 0 Å². The zero-order chi connectivity index (χ0) is 17.8. The van der Waals surface area contributed by atoms with E-state index in [2.05, 4.69) is 9.47 Å². The molecule has 1 aromatic heterocycles. The lowest BCUT2D eigenvalue weighted by Gasteiger charge is -2.16. The second-order valence-electron chi connectivity index (χ2n) is 6.50. The molecular weight excluding hydrogens is 336 g/mol. The van der Waals surface area contributed by atoms with Crippen LogP contribution in [0.3, 0.4) is 0 Å². The number of hydrogen-bond acceptors (Lipinski definition) is 5. The molecule has 0 radical (unpaired) electrons. The Morgan fingerprint density at radius 3 is 2.76 bits per heavy atom. The third-order valence-corrected chi connectivity index (χ3v) is 4.92. The Kier molecular flexibility index (Phi) is 5.65. The number of rotatable bonds is 5. The average Bonchev–Trinajstić information content (AvgIpc) is 2.78. The zero-order valence-electron chi connectivity index (χ0n) is 14.8. The van der Waals surface area contributed by atoms with Crippen LogP contribution in [0.25, 0.3) is 0 Å². The Balaban J connectivity index is 1.66. The molecule has 134 valence electrons. The minimum Gasteiger partial charge on any atom is -0.465 e. The molecule has 0 saturated heterocycles. The molecule has 0 unspecified atom stereocenters. The van der Waals surface area contributed by atoms with Crippen LogP contribution in [0.5, 0.6) is 0 Å². The number of nitrogens with zero attached hydrogens (tertiary/aromatic N) is 4. The number of methoxy groups -OCH3 is 1. The van der Waals surface area contributed by atoms with Crippen molar-refractivity contribution in [3.8, 4) is 0 Å². The first-order valence-corrected chi connectivity index (χ1v) is 9.01. The second-order valence-corrected chi connectivity index (χ2v) is 6.87. The predicted octanol–water partition coefficient (Wildman–Crippen LogP) is 3.02. The van der Waals surface area contributed by atoms with E-state index in [0.717, 1.165) is 35.7 Å². The highest BCUT2D eigenvalue weighted by Crippen LogP contribution is 2.15. The summed E-state index contributed by atoms with van der Waals surface area (Å²) in [6, 6.07) is 7.48. The molecular formula is C18H24N4O2S. The molecule has 2 aromatic rings. The molecule has 0 bridgehead atoms. The lowest BCUT2D eigenvalue weighted by atomic mass is 10.1. The molecule has 0 N–H and O–H groups in total. The summed E-state index contributed by atoms with van der Waals surface area (Å²) in [7, 11) is 3.43. The van der Waals surface area contributed by atoms with Crippen LogP contribution in [0.15, 0.2) is 24.3 Å². The van der Waals surface area contributed by atoms with E-state index in [1.807, 2.05) is 23.9 Å². The molecule has 1 aromatic carbocycles. The molecule has 1 aliphatic rings. The van der Waals surface area contributed by atoms with Crippen molar-refractivity contribution in [1.29, 1.82) is 0 Å². The highest BCUT2D eigenvalue weighted by Gasteiger charge is 2.14. The van der Waals surface area contributed by atoms with Gasteiger partial charge in [-0.1, -0.05) is 18.6 Å². The van der Waals surface area contributed by atoms with Gasteiger partial charge in [0.15, 0.2) is 4.77 Å². The number of esters is 1. The Morgan fingerprint density at radius 2 is 2.04 bits per heavy atom. The van der Waals surface area contributed by atoms with Gasteiger partial charge in [0.25, 0.3) is 0 Å². The van der Waals surface area contributed by atoms with Crippen molar-refractivity contribution in [3.63, 3.8) is 0 Å². The summed E-state index contributed by atoms with van der Waals surface area (Å²) in [4.78, 5) is 13.7. The van der Waals surface area contributed by atoms with Gasteiger partial charge < -0.3 is 9.30 Å². The van der Waals surface area contributed by atoms with Crippen molar-refractivity contribution in [2.45, 2.75) is 45.4 Å². The van der Waals surface area contributed by atoms with Gasteiger partial charge in [0.2, 0.25) is 0 Å². The van der Waals surface area contributed by atoms with Crippen molar-refractivity contribution in [3.05, 3.63) is 46.0 Å². The van der Waals surface area contributed by atoms with Crippen LogP contribution in [0.2, 0.25) is 0 Å². The van der Waals surface area contributed by atoms with Crippen molar-refractivity contribution in [2.75, 3.05) is 14.2 Å². The molecule has 7 heteroatoms. The highest BCUT2D eigenvalue weighted by molar-refractivity contribution is 7.71. The Labute approximate surface area is 153 Å². The van der Waals surface area contributed by atoms with Gasteiger partial charge in [-0.05, 0) is 49.8 Å². The molecule has 0 atom stereocenters. The van der Waals surface area contributed by atoms with E-state index < -0.39 is 0 Å². The van der Waals surface area contributed by atoms with E-state index in [1.54, 1.807) is 12.1 Å². The molecule has 1 aliphatic heterocycles. The maximum atomic E-state index is 11.5. The van der Waals surface area contributed by atoms with Gasteiger partial charge >= 0.3 is 5.97 Å². The molecule has 2 heterocycles. The van der Waals surface area contributed by atoms with Gasteiger partial charge in [0.05, 0.1) is 19.3 Å². The minimum absolute atomic E-state index is 0.314. The summed E-state index contributed by atoms with van der Waals surface area (Å²) in [5.74, 6) is 0.795. The van der Waals surface area contributed by atoms with Crippen LogP contribution < -0.4 is 0 Å². The third kappa shape index (κ3) is 4.16. The van der Waals surface area contributed by atoms with Gasteiger partial charge in [-0.15, -0.1) is 0 Å². The molecule has 0 saturated carbocycles. The SMILES string of the molecule is COC(=O)c1ccc(CN(C)Cn2nc3n(c2=S)CCCCC3)cc1. The molecule has 0 fully saturated rings. The first-order chi connectivity index (χ1) is 12.1. The summed E-state index contributed by atoms with van der Waals surface area (Å²) in [6.45, 7) is 2.38. The number of carbonyl (C=O) groups excluding carboxylic acids is 1. The number of fused-ring (bicyclic) bond motifs is 1. The number of aryl methyl sites for hydroxylation is 1. The van der Waals surface area contributed by atoms with Crippen LogP contribution in [0.4, 0.5) is 0 Å². The maximum absolute atomic E-state index is 11.5. The maximum Gasteiger partial charge on any atom is 0.337 e. The first-order valence-electron chi connectivity index (χ1n) is 8.61. The number of aromatic nitrogens is 3. The fourth-order valence-corrected chi connectivity index (χ4v) is 3.47. The molecule has 0 spiro atoms. The van der Waals surface area contributed by atoms with Gasteiger partial charge in [-0.25, -0.2) is 9.48 Å². The lowest BCUT2D eigenvalue weighted by molar-refractivity contribution is 0.0600.